The SMILES string of the molecule is NCc1cccc(C2COC(c3cccc(CN)c3)CO2)c1. The van der Waals surface area contributed by atoms with E-state index in [0.29, 0.717) is 26.3 Å². The van der Waals surface area contributed by atoms with Gasteiger partial charge in [0.2, 0.25) is 0 Å². The summed E-state index contributed by atoms with van der Waals surface area (Å²) in [7, 11) is 0. The average molecular weight is 298 g/mol. The van der Waals surface area contributed by atoms with Gasteiger partial charge in [0.05, 0.1) is 13.2 Å². The van der Waals surface area contributed by atoms with Gasteiger partial charge in [-0.3, -0.25) is 0 Å². The van der Waals surface area contributed by atoms with Gasteiger partial charge in [-0.1, -0.05) is 48.5 Å². The van der Waals surface area contributed by atoms with Crippen LogP contribution >= 0.6 is 0 Å². The highest BCUT2D eigenvalue weighted by molar-refractivity contribution is 5.27. The van der Waals surface area contributed by atoms with Crippen LogP contribution in [0.3, 0.4) is 0 Å². The van der Waals surface area contributed by atoms with Gasteiger partial charge in [0.15, 0.2) is 0 Å². The van der Waals surface area contributed by atoms with E-state index in [1.807, 2.05) is 24.3 Å². The first-order valence-corrected chi connectivity index (χ1v) is 7.61. The molecule has 0 aliphatic carbocycles. The molecule has 0 spiro atoms. The third kappa shape index (κ3) is 3.36. The van der Waals surface area contributed by atoms with Gasteiger partial charge in [-0.25, -0.2) is 0 Å². The summed E-state index contributed by atoms with van der Waals surface area (Å²) in [4.78, 5) is 0. The highest BCUT2D eigenvalue weighted by Crippen LogP contribution is 2.30. The van der Waals surface area contributed by atoms with Crippen LogP contribution in [0.1, 0.15) is 34.5 Å². The van der Waals surface area contributed by atoms with E-state index in [1.165, 1.54) is 0 Å². The van der Waals surface area contributed by atoms with Crippen molar-refractivity contribution in [3.05, 3.63) is 70.8 Å². The molecule has 1 fully saturated rings. The van der Waals surface area contributed by atoms with E-state index < -0.39 is 0 Å². The number of hydrogen-bond acceptors (Lipinski definition) is 4. The van der Waals surface area contributed by atoms with Crippen LogP contribution in [0.2, 0.25) is 0 Å². The Morgan fingerprint density at radius 3 is 1.59 bits per heavy atom. The summed E-state index contributed by atoms with van der Waals surface area (Å²) in [6.45, 7) is 2.17. The fourth-order valence-corrected chi connectivity index (χ4v) is 2.73. The first-order valence-electron chi connectivity index (χ1n) is 7.61. The molecule has 116 valence electrons. The molecule has 0 amide bonds. The first kappa shape index (κ1) is 15.2. The van der Waals surface area contributed by atoms with Crippen molar-refractivity contribution >= 4 is 0 Å². The molecule has 3 rings (SSSR count). The summed E-state index contributed by atoms with van der Waals surface area (Å²) in [5, 5.41) is 0. The maximum atomic E-state index is 6.01. The topological polar surface area (TPSA) is 70.5 Å². The zero-order chi connectivity index (χ0) is 15.4. The van der Waals surface area contributed by atoms with Crippen molar-refractivity contribution in [2.75, 3.05) is 13.2 Å². The molecule has 4 nitrogen and oxygen atoms in total. The summed E-state index contributed by atoms with van der Waals surface area (Å²) in [5.74, 6) is 0. The van der Waals surface area contributed by atoms with Gasteiger partial charge >= 0.3 is 0 Å². The second kappa shape index (κ2) is 7.03. The highest BCUT2D eigenvalue weighted by atomic mass is 16.6. The van der Waals surface area contributed by atoms with Crippen molar-refractivity contribution in [2.45, 2.75) is 25.3 Å². The Morgan fingerprint density at radius 2 is 1.23 bits per heavy atom. The predicted molar refractivity (Wildman–Crippen MR) is 86.1 cm³/mol. The molecule has 1 saturated heterocycles. The molecular weight excluding hydrogens is 276 g/mol. The van der Waals surface area contributed by atoms with Crippen LogP contribution in [0.5, 0.6) is 0 Å². The number of nitrogens with two attached hydrogens (primary N) is 2. The monoisotopic (exact) mass is 298 g/mol. The predicted octanol–water partition coefficient (Wildman–Crippen LogP) is 2.43. The van der Waals surface area contributed by atoms with Crippen molar-refractivity contribution < 1.29 is 9.47 Å². The van der Waals surface area contributed by atoms with Gasteiger partial charge < -0.3 is 20.9 Å². The Morgan fingerprint density at radius 1 is 0.773 bits per heavy atom. The quantitative estimate of drug-likeness (QED) is 0.909. The Kier molecular flexibility index (Phi) is 4.85. The fraction of sp³-hybridized carbons (Fsp3) is 0.333. The highest BCUT2D eigenvalue weighted by Gasteiger charge is 2.24. The largest absolute Gasteiger partial charge is 0.368 e. The van der Waals surface area contributed by atoms with Gasteiger partial charge in [-0.2, -0.15) is 0 Å². The first-order chi connectivity index (χ1) is 10.8. The van der Waals surface area contributed by atoms with E-state index in [-0.39, 0.29) is 12.2 Å². The van der Waals surface area contributed by atoms with Crippen LogP contribution in [0.15, 0.2) is 48.5 Å². The van der Waals surface area contributed by atoms with E-state index in [9.17, 15) is 0 Å². The smallest absolute Gasteiger partial charge is 0.106 e. The van der Waals surface area contributed by atoms with Crippen molar-refractivity contribution in [3.8, 4) is 0 Å². The maximum absolute atomic E-state index is 6.01. The summed E-state index contributed by atoms with van der Waals surface area (Å²) >= 11 is 0. The van der Waals surface area contributed by atoms with E-state index in [0.717, 1.165) is 22.3 Å². The number of benzene rings is 2. The normalized spacial score (nSPS) is 21.7. The maximum Gasteiger partial charge on any atom is 0.106 e. The average Bonchev–Trinajstić information content (AvgIpc) is 2.62. The number of ether oxygens (including phenoxy) is 2. The minimum atomic E-state index is -0.0274. The molecule has 1 heterocycles. The third-order valence-corrected chi connectivity index (χ3v) is 4.01. The Hall–Kier alpha value is -1.72. The Bertz CT molecular complexity index is 566. The Labute approximate surface area is 131 Å². The lowest BCUT2D eigenvalue weighted by atomic mass is 10.0. The van der Waals surface area contributed by atoms with E-state index in [4.69, 9.17) is 20.9 Å². The zero-order valence-electron chi connectivity index (χ0n) is 12.6. The van der Waals surface area contributed by atoms with E-state index >= 15 is 0 Å². The Balaban J connectivity index is 1.66. The second-order valence-corrected chi connectivity index (χ2v) is 5.54. The number of hydrogen-bond donors (Lipinski definition) is 2. The second-order valence-electron chi connectivity index (χ2n) is 5.54. The molecule has 1 aliphatic heterocycles. The van der Waals surface area contributed by atoms with Crippen LogP contribution in [-0.4, -0.2) is 13.2 Å². The minimum Gasteiger partial charge on any atom is -0.368 e. The summed E-state index contributed by atoms with van der Waals surface area (Å²) in [5.41, 5.74) is 15.8. The van der Waals surface area contributed by atoms with Gasteiger partial charge in [0, 0.05) is 13.1 Å². The molecule has 0 bridgehead atoms. The van der Waals surface area contributed by atoms with E-state index in [2.05, 4.69) is 24.3 Å². The third-order valence-electron chi connectivity index (χ3n) is 4.01. The zero-order valence-corrected chi connectivity index (χ0v) is 12.6. The van der Waals surface area contributed by atoms with Crippen molar-refractivity contribution in [2.24, 2.45) is 11.5 Å². The van der Waals surface area contributed by atoms with Gasteiger partial charge in [-0.15, -0.1) is 0 Å². The lowest BCUT2D eigenvalue weighted by Gasteiger charge is -2.30. The minimum absolute atomic E-state index is 0.0274. The van der Waals surface area contributed by atoms with Gasteiger partial charge in [0.1, 0.15) is 12.2 Å². The molecule has 0 saturated carbocycles. The lowest BCUT2D eigenvalue weighted by Crippen LogP contribution is -2.25. The lowest BCUT2D eigenvalue weighted by molar-refractivity contribution is -0.137. The van der Waals surface area contributed by atoms with E-state index in [1.54, 1.807) is 0 Å². The molecule has 2 atom stereocenters. The van der Waals surface area contributed by atoms with Crippen LogP contribution in [0.25, 0.3) is 0 Å². The van der Waals surface area contributed by atoms with Gasteiger partial charge in [0.25, 0.3) is 0 Å². The molecule has 4 N–H and O–H groups in total. The molecule has 0 aromatic heterocycles. The van der Waals surface area contributed by atoms with Crippen molar-refractivity contribution in [1.29, 1.82) is 0 Å². The standard InChI is InChI=1S/C18H22N2O2/c19-9-13-3-1-5-15(7-13)17-11-22-18(12-21-17)16-6-2-4-14(8-16)10-20/h1-8,17-18H,9-12,19-20H2. The summed E-state index contributed by atoms with van der Waals surface area (Å²) < 4.78 is 12.0. The molecule has 0 radical (unpaired) electrons. The summed E-state index contributed by atoms with van der Waals surface area (Å²) in [6.07, 6.45) is -0.0547. The molecule has 2 aromatic carbocycles. The molecular formula is C18H22N2O2. The molecule has 2 aromatic rings. The molecule has 2 unspecified atom stereocenters. The van der Waals surface area contributed by atoms with Crippen LogP contribution in [0.4, 0.5) is 0 Å². The van der Waals surface area contributed by atoms with Crippen molar-refractivity contribution in [1.82, 2.24) is 0 Å². The van der Waals surface area contributed by atoms with Gasteiger partial charge in [-0.05, 0) is 22.3 Å². The molecule has 4 heteroatoms. The number of rotatable bonds is 4. The van der Waals surface area contributed by atoms with Crippen molar-refractivity contribution in [3.63, 3.8) is 0 Å². The fourth-order valence-electron chi connectivity index (χ4n) is 2.73. The van der Waals surface area contributed by atoms with Crippen LogP contribution < -0.4 is 11.5 Å². The molecule has 1 aliphatic rings. The van der Waals surface area contributed by atoms with Crippen LogP contribution in [-0.2, 0) is 22.6 Å². The molecule has 22 heavy (non-hydrogen) atoms. The summed E-state index contributed by atoms with van der Waals surface area (Å²) in [6, 6.07) is 16.4. The van der Waals surface area contributed by atoms with Crippen LogP contribution in [0, 0.1) is 0 Å².